The first-order valence-electron chi connectivity index (χ1n) is 3.23. The van der Waals surface area contributed by atoms with Crippen LogP contribution in [0.1, 0.15) is 5.56 Å². The molecule has 0 aliphatic heterocycles. The van der Waals surface area contributed by atoms with E-state index in [9.17, 15) is 0 Å². The molecule has 0 saturated carbocycles. The summed E-state index contributed by atoms with van der Waals surface area (Å²) in [6.07, 6.45) is 0. The Balaban J connectivity index is 2.69. The van der Waals surface area contributed by atoms with Crippen molar-refractivity contribution >= 4 is 19.2 Å². The lowest BCUT2D eigenvalue weighted by atomic mass is 10.2. The van der Waals surface area contributed by atoms with Crippen LogP contribution in [0.5, 0.6) is 0 Å². The average Bonchev–Trinajstić information content (AvgIpc) is 1.95. The molecule has 1 aromatic carbocycles. The molecule has 0 radical (unpaired) electrons. The van der Waals surface area contributed by atoms with Gasteiger partial charge in [-0.05, 0) is 25.7 Å². The highest BCUT2D eigenvalue weighted by Gasteiger charge is 1.88. The van der Waals surface area contributed by atoms with Crippen LogP contribution in [0, 0.1) is 6.92 Å². The van der Waals surface area contributed by atoms with Crippen molar-refractivity contribution < 1.29 is 0 Å². The molecule has 0 aliphatic carbocycles. The molecule has 0 N–H and O–H groups in total. The topological polar surface area (TPSA) is 0 Å². The van der Waals surface area contributed by atoms with E-state index < -0.39 is 0 Å². The zero-order chi connectivity index (χ0) is 7.40. The van der Waals surface area contributed by atoms with E-state index in [0.717, 1.165) is 7.78 Å². The van der Waals surface area contributed by atoms with Gasteiger partial charge in [0.25, 0.3) is 0 Å². The SMILES string of the molecule is CPSc1ccc(C)cc1. The van der Waals surface area contributed by atoms with Crippen molar-refractivity contribution in [2.24, 2.45) is 0 Å². The third-order valence-corrected chi connectivity index (χ3v) is 3.27. The van der Waals surface area contributed by atoms with Crippen molar-refractivity contribution in [3.8, 4) is 0 Å². The monoisotopic (exact) mass is 170 g/mol. The van der Waals surface area contributed by atoms with Crippen molar-refractivity contribution in [1.29, 1.82) is 0 Å². The van der Waals surface area contributed by atoms with E-state index in [1.54, 1.807) is 0 Å². The summed E-state index contributed by atoms with van der Waals surface area (Å²) >= 11 is 1.91. The zero-order valence-electron chi connectivity index (χ0n) is 6.22. The summed E-state index contributed by atoms with van der Waals surface area (Å²) in [5.74, 6) is 0. The second kappa shape index (κ2) is 4.00. The average molecular weight is 170 g/mol. The van der Waals surface area contributed by atoms with Gasteiger partial charge in [-0.25, -0.2) is 0 Å². The van der Waals surface area contributed by atoms with E-state index in [4.69, 9.17) is 0 Å². The minimum absolute atomic E-state index is 0.949. The van der Waals surface area contributed by atoms with Crippen LogP contribution < -0.4 is 0 Å². The molecule has 0 heterocycles. The molecule has 0 saturated heterocycles. The van der Waals surface area contributed by atoms with Gasteiger partial charge in [0.15, 0.2) is 0 Å². The lowest BCUT2D eigenvalue weighted by molar-refractivity contribution is 1.38. The molecule has 0 bridgehead atoms. The van der Waals surface area contributed by atoms with Crippen molar-refractivity contribution in [2.45, 2.75) is 11.8 Å². The van der Waals surface area contributed by atoms with E-state index in [1.165, 1.54) is 10.5 Å². The van der Waals surface area contributed by atoms with Crippen LogP contribution in [-0.2, 0) is 0 Å². The van der Waals surface area contributed by atoms with Gasteiger partial charge in [-0.15, -0.1) is 11.4 Å². The third kappa shape index (κ3) is 2.32. The van der Waals surface area contributed by atoms with Gasteiger partial charge < -0.3 is 0 Å². The summed E-state index contributed by atoms with van der Waals surface area (Å²) in [6, 6.07) is 8.66. The Bertz CT molecular complexity index is 193. The Labute approximate surface area is 67.9 Å². The van der Waals surface area contributed by atoms with Gasteiger partial charge in [0.05, 0.1) is 0 Å². The molecule has 10 heavy (non-hydrogen) atoms. The van der Waals surface area contributed by atoms with Crippen LogP contribution in [-0.4, -0.2) is 6.66 Å². The van der Waals surface area contributed by atoms with Crippen LogP contribution in [0.2, 0.25) is 0 Å². The predicted molar refractivity (Wildman–Crippen MR) is 51.3 cm³/mol. The van der Waals surface area contributed by atoms with Crippen LogP contribution in [0.15, 0.2) is 29.2 Å². The highest BCUT2D eigenvalue weighted by atomic mass is 32.7. The Hall–Kier alpha value is 0. The minimum Gasteiger partial charge on any atom is -0.102 e. The smallest absolute Gasteiger partial charge is 0.0113 e. The fourth-order valence-electron chi connectivity index (χ4n) is 0.724. The normalized spacial score (nSPS) is 11.0. The lowest BCUT2D eigenvalue weighted by Gasteiger charge is -1.96. The molecule has 0 aliphatic rings. The van der Waals surface area contributed by atoms with Crippen molar-refractivity contribution in [1.82, 2.24) is 0 Å². The first-order valence-corrected chi connectivity index (χ1v) is 6.27. The molecule has 1 rings (SSSR count). The summed E-state index contributed by atoms with van der Waals surface area (Å²) in [5.41, 5.74) is 1.34. The number of rotatable bonds is 2. The molecule has 0 aromatic heterocycles. The fourth-order valence-corrected chi connectivity index (χ4v) is 2.35. The Morgan fingerprint density at radius 3 is 2.30 bits per heavy atom. The van der Waals surface area contributed by atoms with Gasteiger partial charge in [0.2, 0.25) is 0 Å². The molecule has 1 aromatic rings. The Kier molecular flexibility index (Phi) is 3.24. The zero-order valence-corrected chi connectivity index (χ0v) is 8.03. The molecule has 54 valence electrons. The summed E-state index contributed by atoms with van der Waals surface area (Å²) in [7, 11) is 0.949. The van der Waals surface area contributed by atoms with Gasteiger partial charge in [-0.2, -0.15) is 0 Å². The molecular weight excluding hydrogens is 159 g/mol. The predicted octanol–water partition coefficient (Wildman–Crippen LogP) is 3.31. The lowest BCUT2D eigenvalue weighted by Crippen LogP contribution is -1.69. The van der Waals surface area contributed by atoms with E-state index in [2.05, 4.69) is 37.9 Å². The summed E-state index contributed by atoms with van der Waals surface area (Å²) in [5, 5.41) is 0. The van der Waals surface area contributed by atoms with E-state index in [0.29, 0.717) is 0 Å². The summed E-state index contributed by atoms with van der Waals surface area (Å²) in [6.45, 7) is 4.31. The standard InChI is InChI=1S/C8H11PS/c1-7-3-5-8(6-4-7)10-9-2/h3-6,9H,1-2H3. The van der Waals surface area contributed by atoms with Crippen LogP contribution >= 0.6 is 19.2 Å². The van der Waals surface area contributed by atoms with Gasteiger partial charge >= 0.3 is 0 Å². The van der Waals surface area contributed by atoms with E-state index in [-0.39, 0.29) is 0 Å². The third-order valence-electron chi connectivity index (χ3n) is 1.24. The minimum atomic E-state index is 0.949. The van der Waals surface area contributed by atoms with Crippen LogP contribution in [0.25, 0.3) is 0 Å². The first-order chi connectivity index (χ1) is 4.83. The molecular formula is C8H11PS. The molecule has 0 spiro atoms. The second-order valence-corrected chi connectivity index (χ2v) is 5.04. The van der Waals surface area contributed by atoms with Crippen LogP contribution in [0.3, 0.4) is 0 Å². The maximum atomic E-state index is 2.20. The Morgan fingerprint density at radius 2 is 1.80 bits per heavy atom. The number of hydrogen-bond acceptors (Lipinski definition) is 1. The fraction of sp³-hybridized carbons (Fsp3) is 0.250. The quantitative estimate of drug-likeness (QED) is 0.613. The number of aryl methyl sites for hydroxylation is 1. The van der Waals surface area contributed by atoms with Crippen LogP contribution in [0.4, 0.5) is 0 Å². The van der Waals surface area contributed by atoms with Crippen molar-refractivity contribution in [2.75, 3.05) is 6.66 Å². The first kappa shape index (κ1) is 8.10. The molecule has 1 unspecified atom stereocenters. The molecule has 0 fully saturated rings. The van der Waals surface area contributed by atoms with E-state index >= 15 is 0 Å². The van der Waals surface area contributed by atoms with Crippen molar-refractivity contribution in [3.05, 3.63) is 29.8 Å². The van der Waals surface area contributed by atoms with Gasteiger partial charge in [0.1, 0.15) is 0 Å². The van der Waals surface area contributed by atoms with Gasteiger partial charge in [0, 0.05) is 4.90 Å². The highest BCUT2D eigenvalue weighted by Crippen LogP contribution is 2.33. The maximum absolute atomic E-state index is 2.20. The molecule has 2 heteroatoms. The van der Waals surface area contributed by atoms with Crippen molar-refractivity contribution in [3.63, 3.8) is 0 Å². The van der Waals surface area contributed by atoms with Gasteiger partial charge in [-0.3, -0.25) is 0 Å². The molecule has 0 nitrogen and oxygen atoms in total. The molecule has 0 amide bonds. The largest absolute Gasteiger partial charge is 0.102 e. The maximum Gasteiger partial charge on any atom is 0.0113 e. The van der Waals surface area contributed by atoms with E-state index in [1.807, 2.05) is 11.4 Å². The highest BCUT2D eigenvalue weighted by molar-refractivity contribution is 8.49. The second-order valence-electron chi connectivity index (χ2n) is 2.12. The van der Waals surface area contributed by atoms with Gasteiger partial charge in [-0.1, -0.05) is 25.5 Å². The summed E-state index contributed by atoms with van der Waals surface area (Å²) in [4.78, 5) is 1.38. The summed E-state index contributed by atoms with van der Waals surface area (Å²) < 4.78 is 0. The number of benzene rings is 1. The Morgan fingerprint density at radius 1 is 1.20 bits per heavy atom. The molecule has 1 atom stereocenters. The number of hydrogen-bond donors (Lipinski definition) is 0.